The first kappa shape index (κ1) is 23.2. The zero-order chi connectivity index (χ0) is 24.7. The second-order valence-corrected chi connectivity index (χ2v) is 9.47. The van der Waals surface area contributed by atoms with Crippen molar-refractivity contribution in [2.24, 2.45) is 0 Å². The summed E-state index contributed by atoms with van der Waals surface area (Å²) in [6.45, 7) is 4.25. The Morgan fingerprint density at radius 1 is 1.20 bits per heavy atom. The molecule has 0 spiro atoms. The number of urea groups is 1. The van der Waals surface area contributed by atoms with Crippen molar-refractivity contribution in [2.45, 2.75) is 38.3 Å². The number of nitrogens with zero attached hydrogens (tertiary/aromatic N) is 3. The van der Waals surface area contributed by atoms with Crippen LogP contribution in [0.3, 0.4) is 0 Å². The molecule has 1 unspecified atom stereocenters. The first-order chi connectivity index (χ1) is 16.9. The lowest BCUT2D eigenvalue weighted by Crippen LogP contribution is -2.44. The number of methoxy groups -OCH3 is 1. The van der Waals surface area contributed by atoms with Crippen LogP contribution in [0.1, 0.15) is 36.2 Å². The van der Waals surface area contributed by atoms with Crippen LogP contribution in [0.2, 0.25) is 0 Å². The third-order valence-electron chi connectivity index (χ3n) is 7.35. The Kier molecular flexibility index (Phi) is 6.15. The number of phenolic OH excluding ortho intramolecular Hbond substituents is 1. The van der Waals surface area contributed by atoms with Gasteiger partial charge in [-0.15, -0.1) is 0 Å². The average Bonchev–Trinajstić information content (AvgIpc) is 3.34. The normalized spacial score (nSPS) is 19.5. The van der Waals surface area contributed by atoms with E-state index in [-0.39, 0.29) is 23.7 Å². The van der Waals surface area contributed by atoms with E-state index in [1.807, 2.05) is 31.3 Å². The van der Waals surface area contributed by atoms with Gasteiger partial charge in [0.15, 0.2) is 0 Å². The van der Waals surface area contributed by atoms with Gasteiger partial charge in [-0.2, -0.15) is 0 Å². The molecule has 5 rings (SSSR count). The number of rotatable bonds is 8. The van der Waals surface area contributed by atoms with Gasteiger partial charge in [0.1, 0.15) is 17.5 Å². The molecule has 1 saturated heterocycles. The van der Waals surface area contributed by atoms with Gasteiger partial charge >= 0.3 is 6.03 Å². The molecule has 8 nitrogen and oxygen atoms in total. The third kappa shape index (κ3) is 4.12. The highest BCUT2D eigenvalue weighted by Crippen LogP contribution is 2.43. The molecule has 0 aliphatic carbocycles. The molecule has 35 heavy (non-hydrogen) atoms. The second kappa shape index (κ2) is 9.26. The Morgan fingerprint density at radius 3 is 2.77 bits per heavy atom. The van der Waals surface area contributed by atoms with Crippen molar-refractivity contribution in [3.63, 3.8) is 0 Å². The van der Waals surface area contributed by atoms with Gasteiger partial charge in [-0.1, -0.05) is 19.1 Å². The number of aromatic hydroxyl groups is 1. The number of ether oxygens (including phenoxy) is 1. The molecule has 1 aromatic heterocycles. The molecule has 0 saturated carbocycles. The summed E-state index contributed by atoms with van der Waals surface area (Å²) in [5, 5.41) is 11.0. The van der Waals surface area contributed by atoms with E-state index in [1.54, 1.807) is 30.2 Å². The molecule has 0 bridgehead atoms. The minimum Gasteiger partial charge on any atom is -0.508 e. The standard InChI is InChI=1S/C27H32N4O4/c1-4-29(2)11-6-12-30-26(33)24-16-21-20-15-19(35-3)9-10-22(20)28-25(21)23(31(24)27(30)34)14-17-7-5-8-18(32)13-17/h5,7-10,13,15,23-24,28,32H,4,6,11-12,14,16H2,1-3H3/t23?,24-/m0/s1. The number of aromatic amines is 1. The average molecular weight is 477 g/mol. The molecule has 2 atom stereocenters. The van der Waals surface area contributed by atoms with Crippen LogP contribution in [0.4, 0.5) is 4.79 Å². The van der Waals surface area contributed by atoms with Crippen molar-refractivity contribution in [3.05, 3.63) is 59.3 Å². The van der Waals surface area contributed by atoms with Gasteiger partial charge < -0.3 is 24.6 Å². The summed E-state index contributed by atoms with van der Waals surface area (Å²) in [5.41, 5.74) is 3.86. The van der Waals surface area contributed by atoms with E-state index in [2.05, 4.69) is 16.8 Å². The molecule has 2 aliphatic rings. The zero-order valence-corrected chi connectivity index (χ0v) is 20.5. The van der Waals surface area contributed by atoms with Crippen molar-refractivity contribution in [1.82, 2.24) is 19.7 Å². The van der Waals surface area contributed by atoms with Crippen LogP contribution in [-0.4, -0.2) is 76.6 Å². The topological polar surface area (TPSA) is 89.1 Å². The van der Waals surface area contributed by atoms with E-state index in [9.17, 15) is 14.7 Å². The lowest BCUT2D eigenvalue weighted by atomic mass is 9.89. The number of hydrogen-bond acceptors (Lipinski definition) is 5. The summed E-state index contributed by atoms with van der Waals surface area (Å²) >= 11 is 0. The van der Waals surface area contributed by atoms with E-state index in [0.29, 0.717) is 19.4 Å². The van der Waals surface area contributed by atoms with Crippen LogP contribution in [0, 0.1) is 0 Å². The number of phenols is 1. The summed E-state index contributed by atoms with van der Waals surface area (Å²) in [7, 11) is 3.67. The fraction of sp³-hybridized carbons (Fsp3) is 0.407. The smallest absolute Gasteiger partial charge is 0.328 e. The van der Waals surface area contributed by atoms with Gasteiger partial charge in [-0.05, 0) is 74.4 Å². The van der Waals surface area contributed by atoms with Crippen LogP contribution in [0.5, 0.6) is 11.5 Å². The number of amides is 3. The Balaban J connectivity index is 1.53. The number of benzene rings is 2. The van der Waals surface area contributed by atoms with Gasteiger partial charge in [0.05, 0.1) is 13.2 Å². The van der Waals surface area contributed by atoms with Gasteiger partial charge in [-0.3, -0.25) is 9.69 Å². The summed E-state index contributed by atoms with van der Waals surface area (Å²) < 4.78 is 5.45. The van der Waals surface area contributed by atoms with Crippen LogP contribution >= 0.6 is 0 Å². The van der Waals surface area contributed by atoms with Crippen LogP contribution in [0.25, 0.3) is 10.9 Å². The molecule has 0 radical (unpaired) electrons. The van der Waals surface area contributed by atoms with Crippen molar-refractivity contribution in [3.8, 4) is 11.5 Å². The van der Waals surface area contributed by atoms with Gasteiger partial charge in [0, 0.05) is 29.6 Å². The molecule has 2 aromatic carbocycles. The maximum absolute atomic E-state index is 13.6. The van der Waals surface area contributed by atoms with Crippen LogP contribution in [-0.2, 0) is 17.6 Å². The summed E-state index contributed by atoms with van der Waals surface area (Å²) in [5.74, 6) is 0.807. The number of fused-ring (bicyclic) bond motifs is 4. The van der Waals surface area contributed by atoms with Crippen molar-refractivity contribution in [2.75, 3.05) is 33.8 Å². The number of carbonyl (C=O) groups excluding carboxylic acids is 2. The van der Waals surface area contributed by atoms with Gasteiger partial charge in [-0.25, -0.2) is 4.79 Å². The second-order valence-electron chi connectivity index (χ2n) is 9.47. The Bertz CT molecular complexity index is 1270. The maximum atomic E-state index is 13.6. The molecule has 2 N–H and O–H groups in total. The molecular formula is C27H32N4O4. The number of hydrogen-bond donors (Lipinski definition) is 2. The quantitative estimate of drug-likeness (QED) is 0.484. The molecular weight excluding hydrogens is 444 g/mol. The van der Waals surface area contributed by atoms with Crippen molar-refractivity contribution in [1.29, 1.82) is 0 Å². The predicted molar refractivity (Wildman–Crippen MR) is 134 cm³/mol. The number of imide groups is 1. The minimum atomic E-state index is -0.536. The number of H-pyrrole nitrogens is 1. The number of aromatic nitrogens is 1. The Hall–Kier alpha value is -3.52. The lowest BCUT2D eigenvalue weighted by Gasteiger charge is -2.36. The fourth-order valence-corrected chi connectivity index (χ4v) is 5.38. The zero-order valence-electron chi connectivity index (χ0n) is 20.5. The highest BCUT2D eigenvalue weighted by atomic mass is 16.5. The first-order valence-corrected chi connectivity index (χ1v) is 12.2. The Labute approximate surface area is 205 Å². The molecule has 1 fully saturated rings. The molecule has 3 heterocycles. The van der Waals surface area contributed by atoms with Crippen molar-refractivity contribution >= 4 is 22.8 Å². The Morgan fingerprint density at radius 2 is 2.03 bits per heavy atom. The minimum absolute atomic E-state index is 0.127. The van der Waals surface area contributed by atoms with Gasteiger partial charge in [0.2, 0.25) is 0 Å². The maximum Gasteiger partial charge on any atom is 0.328 e. The van der Waals surface area contributed by atoms with E-state index in [1.165, 1.54) is 4.90 Å². The monoisotopic (exact) mass is 476 g/mol. The molecule has 3 amide bonds. The van der Waals surface area contributed by atoms with E-state index < -0.39 is 6.04 Å². The van der Waals surface area contributed by atoms with E-state index in [0.717, 1.165) is 53.0 Å². The predicted octanol–water partition coefficient (Wildman–Crippen LogP) is 3.70. The highest BCUT2D eigenvalue weighted by molar-refractivity contribution is 6.05. The summed E-state index contributed by atoms with van der Waals surface area (Å²) in [6, 6.07) is 11.9. The summed E-state index contributed by atoms with van der Waals surface area (Å²) in [4.78, 5) is 36.0. The summed E-state index contributed by atoms with van der Waals surface area (Å²) in [6.07, 6.45) is 1.70. The fourth-order valence-electron chi connectivity index (χ4n) is 5.38. The van der Waals surface area contributed by atoms with Crippen LogP contribution < -0.4 is 4.74 Å². The van der Waals surface area contributed by atoms with Crippen LogP contribution in [0.15, 0.2) is 42.5 Å². The third-order valence-corrected chi connectivity index (χ3v) is 7.35. The van der Waals surface area contributed by atoms with E-state index in [4.69, 9.17) is 4.74 Å². The van der Waals surface area contributed by atoms with Crippen molar-refractivity contribution < 1.29 is 19.4 Å². The highest BCUT2D eigenvalue weighted by Gasteiger charge is 2.51. The molecule has 184 valence electrons. The number of carbonyl (C=O) groups is 2. The van der Waals surface area contributed by atoms with Gasteiger partial charge in [0.25, 0.3) is 5.91 Å². The molecule has 8 heteroatoms. The SMILES string of the molecule is CCN(C)CCCN1C(=O)[C@@H]2Cc3c([nH]c4ccc(OC)cc34)C(Cc3cccc(O)c3)N2C1=O. The lowest BCUT2D eigenvalue weighted by molar-refractivity contribution is -0.128. The van der Waals surface area contributed by atoms with E-state index >= 15 is 0 Å². The molecule has 3 aromatic rings. The molecule has 2 aliphatic heterocycles. The first-order valence-electron chi connectivity index (χ1n) is 12.2. The number of nitrogens with one attached hydrogen (secondary N) is 1. The largest absolute Gasteiger partial charge is 0.508 e.